The zero-order chi connectivity index (χ0) is 22.6. The molecule has 0 spiro atoms. The van der Waals surface area contributed by atoms with Crippen molar-refractivity contribution in [2.24, 2.45) is 0 Å². The summed E-state index contributed by atoms with van der Waals surface area (Å²) in [5, 5.41) is 16.5. The molecule has 2 N–H and O–H groups in total. The molecule has 12 heteroatoms. The van der Waals surface area contributed by atoms with Crippen LogP contribution in [0.25, 0.3) is 0 Å². The first-order valence-electron chi connectivity index (χ1n) is 9.31. The van der Waals surface area contributed by atoms with Crippen LogP contribution < -0.4 is 15.4 Å². The Morgan fingerprint density at radius 2 is 1.87 bits per heavy atom. The Balaban J connectivity index is 1.96. The summed E-state index contributed by atoms with van der Waals surface area (Å²) in [6.07, 6.45) is 0. The van der Waals surface area contributed by atoms with Gasteiger partial charge in [-0.05, 0) is 24.3 Å². The van der Waals surface area contributed by atoms with Gasteiger partial charge in [0.2, 0.25) is 10.0 Å². The molecule has 2 aromatic carbocycles. The van der Waals surface area contributed by atoms with Gasteiger partial charge < -0.3 is 20.1 Å². The van der Waals surface area contributed by atoms with Gasteiger partial charge in [0.05, 0.1) is 41.4 Å². The second kappa shape index (κ2) is 9.29. The third-order valence-corrected chi connectivity index (χ3v) is 6.65. The molecule has 1 heterocycles. The fourth-order valence-corrected chi connectivity index (χ4v) is 4.56. The van der Waals surface area contributed by atoms with E-state index in [2.05, 4.69) is 10.6 Å². The van der Waals surface area contributed by atoms with Crippen molar-refractivity contribution in [1.82, 2.24) is 4.31 Å². The first kappa shape index (κ1) is 22.5. The number of ether oxygens (including phenoxy) is 2. The van der Waals surface area contributed by atoms with Crippen LogP contribution in [0, 0.1) is 10.1 Å². The molecule has 2 aromatic rings. The summed E-state index contributed by atoms with van der Waals surface area (Å²) in [5.74, 6) is -0.419. The topological polar surface area (TPSA) is 140 Å². The van der Waals surface area contributed by atoms with E-state index in [1.807, 2.05) is 0 Å². The molecule has 3 rings (SSSR count). The number of anilines is 2. The second-order valence-electron chi connectivity index (χ2n) is 6.57. The number of hydrogen-bond donors (Lipinski definition) is 2. The number of non-ortho nitro benzene ring substituents is 1. The standard InChI is InChI=1S/C19H22N4O7S/c1-20-16-5-3-13(23(25)26)11-15(16)19(24)21-17-12-14(4-6-18(17)29-2)31(27,28)22-7-9-30-10-8-22/h3-6,11-12,20H,7-10H2,1-2H3,(H,21,24). The maximum Gasteiger partial charge on any atom is 0.270 e. The van der Waals surface area contributed by atoms with Gasteiger partial charge in [0, 0.05) is 38.0 Å². The lowest BCUT2D eigenvalue weighted by molar-refractivity contribution is -0.384. The average molecular weight is 450 g/mol. The van der Waals surface area contributed by atoms with Crippen LogP contribution in [0.5, 0.6) is 5.75 Å². The van der Waals surface area contributed by atoms with Crippen LogP contribution in [0.15, 0.2) is 41.3 Å². The summed E-state index contributed by atoms with van der Waals surface area (Å²) < 4.78 is 37.7. The van der Waals surface area contributed by atoms with Crippen molar-refractivity contribution in [3.05, 3.63) is 52.1 Å². The highest BCUT2D eigenvalue weighted by Crippen LogP contribution is 2.31. The summed E-state index contributed by atoms with van der Waals surface area (Å²) in [6.45, 7) is 1.07. The second-order valence-corrected chi connectivity index (χ2v) is 8.51. The van der Waals surface area contributed by atoms with E-state index >= 15 is 0 Å². The quantitative estimate of drug-likeness (QED) is 0.482. The normalized spacial score (nSPS) is 14.6. The molecular formula is C19H22N4O7S. The largest absolute Gasteiger partial charge is 0.495 e. The molecule has 0 radical (unpaired) electrons. The van der Waals surface area contributed by atoms with E-state index in [-0.39, 0.29) is 40.7 Å². The highest BCUT2D eigenvalue weighted by atomic mass is 32.2. The fraction of sp³-hybridized carbons (Fsp3) is 0.316. The van der Waals surface area contributed by atoms with Crippen molar-refractivity contribution < 1.29 is 27.6 Å². The maximum atomic E-state index is 12.9. The molecule has 1 aliphatic heterocycles. The number of amides is 1. The van der Waals surface area contributed by atoms with E-state index in [1.165, 1.54) is 41.7 Å². The molecule has 11 nitrogen and oxygen atoms in total. The SMILES string of the molecule is CNc1ccc([N+](=O)[O-])cc1C(=O)Nc1cc(S(=O)(=O)N2CCOCC2)ccc1OC. The number of nitrogens with zero attached hydrogens (tertiary/aromatic N) is 2. The molecular weight excluding hydrogens is 428 g/mol. The van der Waals surface area contributed by atoms with Gasteiger partial charge in [-0.1, -0.05) is 0 Å². The van der Waals surface area contributed by atoms with Crippen LogP contribution in [0.4, 0.5) is 17.1 Å². The lowest BCUT2D eigenvalue weighted by atomic mass is 10.1. The molecule has 1 amide bonds. The predicted octanol–water partition coefficient (Wildman–Crippen LogP) is 1.92. The van der Waals surface area contributed by atoms with Crippen LogP contribution >= 0.6 is 0 Å². The number of nitrogens with one attached hydrogen (secondary N) is 2. The average Bonchev–Trinajstić information content (AvgIpc) is 2.79. The summed E-state index contributed by atoms with van der Waals surface area (Å²) in [6, 6.07) is 7.98. The van der Waals surface area contributed by atoms with Crippen LogP contribution in [-0.2, 0) is 14.8 Å². The number of rotatable bonds is 7. The van der Waals surface area contributed by atoms with Gasteiger partial charge in [-0.2, -0.15) is 4.31 Å². The number of methoxy groups -OCH3 is 1. The minimum Gasteiger partial charge on any atom is -0.495 e. The van der Waals surface area contributed by atoms with Gasteiger partial charge in [0.1, 0.15) is 5.75 Å². The molecule has 0 bridgehead atoms. The fourth-order valence-electron chi connectivity index (χ4n) is 3.12. The molecule has 31 heavy (non-hydrogen) atoms. The zero-order valence-corrected chi connectivity index (χ0v) is 17.8. The highest BCUT2D eigenvalue weighted by Gasteiger charge is 2.27. The van der Waals surface area contributed by atoms with E-state index in [9.17, 15) is 23.3 Å². The van der Waals surface area contributed by atoms with Gasteiger partial charge in [-0.15, -0.1) is 0 Å². The van der Waals surface area contributed by atoms with E-state index in [4.69, 9.17) is 9.47 Å². The summed E-state index contributed by atoms with van der Waals surface area (Å²) in [5.41, 5.74) is 0.273. The monoisotopic (exact) mass is 450 g/mol. The van der Waals surface area contributed by atoms with Crippen molar-refractivity contribution in [3.63, 3.8) is 0 Å². The number of carbonyl (C=O) groups is 1. The molecule has 0 saturated carbocycles. The van der Waals surface area contributed by atoms with Gasteiger partial charge >= 0.3 is 0 Å². The van der Waals surface area contributed by atoms with Crippen LogP contribution in [0.3, 0.4) is 0 Å². The van der Waals surface area contributed by atoms with E-state index in [0.717, 1.165) is 6.07 Å². The third-order valence-electron chi connectivity index (χ3n) is 4.75. The summed E-state index contributed by atoms with van der Waals surface area (Å²) in [7, 11) is -0.836. The molecule has 166 valence electrons. The van der Waals surface area contributed by atoms with Crippen LogP contribution in [-0.4, -0.2) is 64.0 Å². The zero-order valence-electron chi connectivity index (χ0n) is 17.0. The Morgan fingerprint density at radius 1 is 1.16 bits per heavy atom. The number of carbonyl (C=O) groups excluding carboxylic acids is 1. The van der Waals surface area contributed by atoms with Crippen molar-refractivity contribution in [1.29, 1.82) is 0 Å². The van der Waals surface area contributed by atoms with Gasteiger partial charge in [-0.3, -0.25) is 14.9 Å². The number of hydrogen-bond acceptors (Lipinski definition) is 8. The van der Waals surface area contributed by atoms with Crippen LogP contribution in [0.1, 0.15) is 10.4 Å². The van der Waals surface area contributed by atoms with E-state index in [0.29, 0.717) is 18.9 Å². The molecule has 0 aromatic heterocycles. The Labute approximate surface area is 179 Å². The molecule has 1 fully saturated rings. The van der Waals surface area contributed by atoms with Crippen molar-refractivity contribution in [2.75, 3.05) is 51.1 Å². The first-order chi connectivity index (χ1) is 14.8. The summed E-state index contributed by atoms with van der Waals surface area (Å²) >= 11 is 0. The van der Waals surface area contributed by atoms with Gasteiger partial charge in [0.25, 0.3) is 11.6 Å². The van der Waals surface area contributed by atoms with Crippen molar-refractivity contribution >= 4 is 33.0 Å². The lowest BCUT2D eigenvalue weighted by Gasteiger charge is -2.26. The Morgan fingerprint density at radius 3 is 2.48 bits per heavy atom. The summed E-state index contributed by atoms with van der Waals surface area (Å²) in [4.78, 5) is 23.4. The van der Waals surface area contributed by atoms with Crippen LogP contribution in [0.2, 0.25) is 0 Å². The van der Waals surface area contributed by atoms with Gasteiger partial charge in [-0.25, -0.2) is 8.42 Å². The van der Waals surface area contributed by atoms with Crippen molar-refractivity contribution in [3.8, 4) is 5.75 Å². The number of benzene rings is 2. The van der Waals surface area contributed by atoms with E-state index in [1.54, 1.807) is 7.05 Å². The molecule has 0 aliphatic carbocycles. The maximum absolute atomic E-state index is 12.9. The molecule has 1 saturated heterocycles. The Hall–Kier alpha value is -3.22. The number of morpholine rings is 1. The smallest absolute Gasteiger partial charge is 0.270 e. The van der Waals surface area contributed by atoms with Gasteiger partial charge in [0.15, 0.2) is 0 Å². The molecule has 1 aliphatic rings. The third kappa shape index (κ3) is 4.76. The minimum atomic E-state index is -3.80. The number of nitro groups is 1. The Bertz CT molecular complexity index is 1100. The lowest BCUT2D eigenvalue weighted by Crippen LogP contribution is -2.40. The number of sulfonamides is 1. The highest BCUT2D eigenvalue weighted by molar-refractivity contribution is 7.89. The van der Waals surface area contributed by atoms with E-state index < -0.39 is 20.9 Å². The number of nitro benzene ring substituents is 1. The molecule has 0 atom stereocenters. The Kier molecular flexibility index (Phi) is 6.73. The first-order valence-corrected chi connectivity index (χ1v) is 10.8. The minimum absolute atomic E-state index is 0.0154. The predicted molar refractivity (Wildman–Crippen MR) is 113 cm³/mol. The molecule has 0 unspecified atom stereocenters. The van der Waals surface area contributed by atoms with Crippen molar-refractivity contribution in [2.45, 2.75) is 4.90 Å².